The summed E-state index contributed by atoms with van der Waals surface area (Å²) < 4.78 is 0. The van der Waals surface area contributed by atoms with Crippen LogP contribution in [0.5, 0.6) is 0 Å². The molecule has 0 aromatic heterocycles. The summed E-state index contributed by atoms with van der Waals surface area (Å²) in [6, 6.07) is 0.863. The Bertz CT molecular complexity index is 166. The van der Waals surface area contributed by atoms with E-state index in [4.69, 9.17) is 0 Å². The first-order valence-electron chi connectivity index (χ1n) is 6.71. The number of hydrogen-bond acceptors (Lipinski definition) is 1. The zero-order valence-corrected chi connectivity index (χ0v) is 11.3. The van der Waals surface area contributed by atoms with E-state index in [0.29, 0.717) is 0 Å². The topological polar surface area (TPSA) is 3.24 Å². The third-order valence-electron chi connectivity index (χ3n) is 3.96. The molecular weight excluding hydrogens is 182 g/mol. The van der Waals surface area contributed by atoms with Crippen LogP contribution < -0.4 is 0 Å². The van der Waals surface area contributed by atoms with Crippen molar-refractivity contribution >= 4 is 0 Å². The molecule has 15 heavy (non-hydrogen) atoms. The number of nitrogens with zero attached hydrogens (tertiary/aromatic N) is 1. The van der Waals surface area contributed by atoms with Gasteiger partial charge in [-0.05, 0) is 50.5 Å². The SMILES string of the molecule is CC(C)CN(C)[C@H]1CC[C@@H](C(C)C)CC1. The van der Waals surface area contributed by atoms with Crippen LogP contribution in [0.15, 0.2) is 0 Å². The van der Waals surface area contributed by atoms with Crippen LogP contribution in [0.1, 0.15) is 53.4 Å². The molecule has 1 fully saturated rings. The average Bonchev–Trinajstić information content (AvgIpc) is 2.17. The van der Waals surface area contributed by atoms with Gasteiger partial charge in [-0.1, -0.05) is 27.7 Å². The molecule has 1 heteroatoms. The lowest BCUT2D eigenvalue weighted by atomic mass is 9.79. The highest BCUT2D eigenvalue weighted by atomic mass is 15.1. The first-order chi connectivity index (χ1) is 7.00. The first kappa shape index (κ1) is 13.0. The molecule has 1 aliphatic carbocycles. The summed E-state index contributed by atoms with van der Waals surface area (Å²) in [5.74, 6) is 2.69. The molecule has 0 atom stereocenters. The Hall–Kier alpha value is -0.0400. The fraction of sp³-hybridized carbons (Fsp3) is 1.00. The molecule has 1 aliphatic rings. The highest BCUT2D eigenvalue weighted by molar-refractivity contribution is 4.79. The lowest BCUT2D eigenvalue weighted by Crippen LogP contribution is -2.37. The Morgan fingerprint density at radius 1 is 1.00 bits per heavy atom. The molecule has 0 heterocycles. The second kappa shape index (κ2) is 5.89. The molecule has 0 radical (unpaired) electrons. The van der Waals surface area contributed by atoms with Gasteiger partial charge in [-0.25, -0.2) is 0 Å². The van der Waals surface area contributed by atoms with Crippen molar-refractivity contribution in [1.82, 2.24) is 4.90 Å². The Morgan fingerprint density at radius 2 is 1.53 bits per heavy atom. The summed E-state index contributed by atoms with van der Waals surface area (Å²) in [7, 11) is 2.31. The largest absolute Gasteiger partial charge is 0.303 e. The van der Waals surface area contributed by atoms with Gasteiger partial charge in [0.2, 0.25) is 0 Å². The van der Waals surface area contributed by atoms with Crippen LogP contribution in [0, 0.1) is 17.8 Å². The average molecular weight is 211 g/mol. The summed E-state index contributed by atoms with van der Waals surface area (Å²) in [4.78, 5) is 2.58. The Morgan fingerprint density at radius 3 is 1.93 bits per heavy atom. The van der Waals surface area contributed by atoms with Crippen molar-refractivity contribution in [1.29, 1.82) is 0 Å². The molecule has 0 aromatic carbocycles. The van der Waals surface area contributed by atoms with Crippen molar-refractivity contribution < 1.29 is 0 Å². The lowest BCUT2D eigenvalue weighted by Gasteiger charge is -2.36. The normalized spacial score (nSPS) is 28.0. The standard InChI is InChI=1S/C14H29N/c1-11(2)10-15(5)14-8-6-13(7-9-14)12(3)4/h11-14H,6-10H2,1-5H3/t13-,14+. The van der Waals surface area contributed by atoms with Gasteiger partial charge in [0.05, 0.1) is 0 Å². The van der Waals surface area contributed by atoms with E-state index in [0.717, 1.165) is 23.8 Å². The fourth-order valence-electron chi connectivity index (χ4n) is 2.93. The van der Waals surface area contributed by atoms with Gasteiger partial charge in [0.1, 0.15) is 0 Å². The van der Waals surface area contributed by atoms with Crippen LogP contribution in [0.2, 0.25) is 0 Å². The summed E-state index contributed by atoms with van der Waals surface area (Å²) in [6.45, 7) is 10.6. The monoisotopic (exact) mass is 211 g/mol. The lowest BCUT2D eigenvalue weighted by molar-refractivity contribution is 0.136. The van der Waals surface area contributed by atoms with Gasteiger partial charge in [0.25, 0.3) is 0 Å². The van der Waals surface area contributed by atoms with Crippen LogP contribution >= 0.6 is 0 Å². The third kappa shape index (κ3) is 4.14. The summed E-state index contributed by atoms with van der Waals surface area (Å²) in [5.41, 5.74) is 0. The van der Waals surface area contributed by atoms with Crippen molar-refractivity contribution in [3.63, 3.8) is 0 Å². The third-order valence-corrected chi connectivity index (χ3v) is 3.96. The molecule has 1 saturated carbocycles. The van der Waals surface area contributed by atoms with Crippen LogP contribution in [-0.2, 0) is 0 Å². The van der Waals surface area contributed by atoms with Gasteiger partial charge in [-0.15, -0.1) is 0 Å². The molecule has 0 aliphatic heterocycles. The zero-order valence-electron chi connectivity index (χ0n) is 11.3. The van der Waals surface area contributed by atoms with Gasteiger partial charge < -0.3 is 4.90 Å². The molecule has 0 unspecified atom stereocenters. The van der Waals surface area contributed by atoms with E-state index in [1.165, 1.54) is 32.2 Å². The van der Waals surface area contributed by atoms with Gasteiger partial charge >= 0.3 is 0 Å². The van der Waals surface area contributed by atoms with Crippen molar-refractivity contribution in [2.45, 2.75) is 59.4 Å². The minimum Gasteiger partial charge on any atom is -0.303 e. The molecule has 1 nitrogen and oxygen atoms in total. The van der Waals surface area contributed by atoms with Crippen molar-refractivity contribution in [3.8, 4) is 0 Å². The van der Waals surface area contributed by atoms with E-state index < -0.39 is 0 Å². The summed E-state index contributed by atoms with van der Waals surface area (Å²) in [5, 5.41) is 0. The highest BCUT2D eigenvalue weighted by Crippen LogP contribution is 2.31. The highest BCUT2D eigenvalue weighted by Gasteiger charge is 2.25. The van der Waals surface area contributed by atoms with Crippen molar-refractivity contribution in [3.05, 3.63) is 0 Å². The van der Waals surface area contributed by atoms with Crippen LogP contribution in [0.4, 0.5) is 0 Å². The maximum absolute atomic E-state index is 2.58. The zero-order chi connectivity index (χ0) is 11.4. The maximum Gasteiger partial charge on any atom is 0.00925 e. The first-order valence-corrected chi connectivity index (χ1v) is 6.71. The van der Waals surface area contributed by atoms with E-state index in [-0.39, 0.29) is 0 Å². The quantitative estimate of drug-likeness (QED) is 0.684. The molecule has 0 N–H and O–H groups in total. The van der Waals surface area contributed by atoms with Crippen LogP contribution in [0.3, 0.4) is 0 Å². The van der Waals surface area contributed by atoms with Gasteiger partial charge in [0, 0.05) is 12.6 Å². The molecule has 0 bridgehead atoms. The Kier molecular flexibility index (Phi) is 5.11. The fourth-order valence-corrected chi connectivity index (χ4v) is 2.93. The Balaban J connectivity index is 2.30. The molecule has 90 valence electrons. The van der Waals surface area contributed by atoms with Crippen LogP contribution in [0.25, 0.3) is 0 Å². The molecule has 1 rings (SSSR count). The predicted molar refractivity (Wildman–Crippen MR) is 68.1 cm³/mol. The molecular formula is C14H29N. The van der Waals surface area contributed by atoms with E-state index in [1.54, 1.807) is 0 Å². The van der Waals surface area contributed by atoms with E-state index in [9.17, 15) is 0 Å². The summed E-state index contributed by atoms with van der Waals surface area (Å²) >= 11 is 0. The van der Waals surface area contributed by atoms with Gasteiger partial charge in [-0.2, -0.15) is 0 Å². The summed E-state index contributed by atoms with van der Waals surface area (Å²) in [6.07, 6.45) is 5.74. The molecule has 0 amide bonds. The van der Waals surface area contributed by atoms with E-state index >= 15 is 0 Å². The second-order valence-corrected chi connectivity index (χ2v) is 6.15. The van der Waals surface area contributed by atoms with Crippen molar-refractivity contribution in [2.75, 3.05) is 13.6 Å². The Labute approximate surface area is 96.2 Å². The minimum atomic E-state index is 0.804. The van der Waals surface area contributed by atoms with E-state index in [2.05, 4.69) is 39.6 Å². The second-order valence-electron chi connectivity index (χ2n) is 6.15. The minimum absolute atomic E-state index is 0.804. The maximum atomic E-state index is 2.58. The van der Waals surface area contributed by atoms with Crippen molar-refractivity contribution in [2.24, 2.45) is 17.8 Å². The van der Waals surface area contributed by atoms with Gasteiger partial charge in [-0.3, -0.25) is 0 Å². The number of hydrogen-bond donors (Lipinski definition) is 0. The molecule has 0 saturated heterocycles. The smallest absolute Gasteiger partial charge is 0.00925 e. The molecule has 0 aromatic rings. The van der Waals surface area contributed by atoms with Crippen LogP contribution in [-0.4, -0.2) is 24.5 Å². The molecule has 0 spiro atoms. The number of rotatable bonds is 4. The predicted octanol–water partition coefficient (Wildman–Crippen LogP) is 3.79. The van der Waals surface area contributed by atoms with E-state index in [1.807, 2.05) is 0 Å². The van der Waals surface area contributed by atoms with Gasteiger partial charge in [0.15, 0.2) is 0 Å².